The Balaban J connectivity index is 1.52. The van der Waals surface area contributed by atoms with E-state index < -0.39 is 29.4 Å². The van der Waals surface area contributed by atoms with Gasteiger partial charge >= 0.3 is 11.8 Å². The van der Waals surface area contributed by atoms with Crippen LogP contribution in [-0.2, 0) is 14.4 Å². The Morgan fingerprint density at radius 3 is 2.15 bits per heavy atom. The van der Waals surface area contributed by atoms with E-state index in [4.69, 9.17) is 0 Å². The maximum Gasteiger partial charge on any atom is 0.312 e. The van der Waals surface area contributed by atoms with E-state index in [-0.39, 0.29) is 37.8 Å². The van der Waals surface area contributed by atoms with Crippen molar-refractivity contribution in [3.05, 3.63) is 41.5 Å². The molecule has 1 aliphatic carbocycles. The molecule has 3 rings (SSSR count). The van der Waals surface area contributed by atoms with E-state index >= 15 is 0 Å². The smallest absolute Gasteiger partial charge is 0.312 e. The predicted molar refractivity (Wildman–Crippen MR) is 89.7 cm³/mol. The number of rotatable bonds is 3. The number of hydrogen-bond acceptors (Lipinski definition) is 3. The highest BCUT2D eigenvalue weighted by molar-refractivity contribution is 6.35. The fourth-order valence-corrected chi connectivity index (χ4v) is 2.68. The minimum Gasteiger partial charge on any atom is -0.345 e. The van der Waals surface area contributed by atoms with E-state index in [1.807, 2.05) is 0 Å². The molecule has 0 radical (unpaired) electrons. The van der Waals surface area contributed by atoms with Gasteiger partial charge in [0.1, 0.15) is 11.6 Å². The van der Waals surface area contributed by atoms with Gasteiger partial charge in [-0.3, -0.25) is 14.4 Å². The number of piperazine rings is 1. The lowest BCUT2D eigenvalue weighted by molar-refractivity contribution is -0.148. The highest BCUT2D eigenvalue weighted by Gasteiger charge is 2.31. The van der Waals surface area contributed by atoms with Gasteiger partial charge in [0.15, 0.2) is 0 Å². The molecule has 8 heteroatoms. The molecule has 0 bridgehead atoms. The summed E-state index contributed by atoms with van der Waals surface area (Å²) in [4.78, 5) is 38.8. The predicted octanol–water partition coefficient (Wildman–Crippen LogP) is 0.927. The van der Waals surface area contributed by atoms with Crippen LogP contribution in [0.15, 0.2) is 24.3 Å². The molecule has 26 heavy (non-hydrogen) atoms. The van der Waals surface area contributed by atoms with E-state index in [1.54, 1.807) is 0 Å². The molecule has 138 valence electrons. The lowest BCUT2D eigenvalue weighted by Crippen LogP contribution is -2.53. The molecule has 1 aliphatic heterocycles. The summed E-state index contributed by atoms with van der Waals surface area (Å²) >= 11 is 0. The summed E-state index contributed by atoms with van der Waals surface area (Å²) in [7, 11) is 0. The molecular formula is C18H19F2N3O3. The number of carbonyl (C=O) groups excluding carboxylic acids is 3. The summed E-state index contributed by atoms with van der Waals surface area (Å²) in [5, 5.41) is 2.64. The molecule has 0 atom stereocenters. The number of hydrogen-bond donors (Lipinski definition) is 1. The Hall–Kier alpha value is -2.77. The van der Waals surface area contributed by atoms with Crippen LogP contribution in [0, 0.1) is 11.6 Å². The largest absolute Gasteiger partial charge is 0.345 e. The van der Waals surface area contributed by atoms with Gasteiger partial charge in [0.25, 0.3) is 0 Å². The Morgan fingerprint density at radius 2 is 1.58 bits per heavy atom. The fraction of sp³-hybridized carbons (Fsp3) is 0.389. The highest BCUT2D eigenvalue weighted by atomic mass is 19.1. The van der Waals surface area contributed by atoms with Gasteiger partial charge in [-0.15, -0.1) is 0 Å². The summed E-state index contributed by atoms with van der Waals surface area (Å²) in [5.41, 5.74) is -0.272. The van der Waals surface area contributed by atoms with Gasteiger partial charge in [0.2, 0.25) is 5.91 Å². The van der Waals surface area contributed by atoms with Gasteiger partial charge in [-0.05, 0) is 31.1 Å². The van der Waals surface area contributed by atoms with Gasteiger partial charge in [-0.1, -0.05) is 6.07 Å². The third-order valence-corrected chi connectivity index (χ3v) is 4.38. The zero-order chi connectivity index (χ0) is 18.7. The van der Waals surface area contributed by atoms with Crippen molar-refractivity contribution >= 4 is 23.8 Å². The van der Waals surface area contributed by atoms with Crippen LogP contribution in [0.2, 0.25) is 0 Å². The third-order valence-electron chi connectivity index (χ3n) is 4.38. The number of nitrogens with one attached hydrogen (secondary N) is 1. The van der Waals surface area contributed by atoms with Crippen molar-refractivity contribution in [2.45, 2.75) is 18.9 Å². The summed E-state index contributed by atoms with van der Waals surface area (Å²) in [6.45, 7) is 0.992. The SMILES string of the molecule is O=C(NC1CC1)C(=O)N1CCN(C(=O)/C=C/c2c(F)cccc2F)CC1. The zero-order valence-electron chi connectivity index (χ0n) is 14.1. The topological polar surface area (TPSA) is 69.7 Å². The lowest BCUT2D eigenvalue weighted by atomic mass is 10.2. The van der Waals surface area contributed by atoms with Crippen LogP contribution in [0.4, 0.5) is 8.78 Å². The first-order valence-electron chi connectivity index (χ1n) is 8.46. The molecule has 1 aromatic carbocycles. The molecular weight excluding hydrogens is 344 g/mol. The van der Waals surface area contributed by atoms with Crippen molar-refractivity contribution in [2.75, 3.05) is 26.2 Å². The Morgan fingerprint density at radius 1 is 1.00 bits per heavy atom. The zero-order valence-corrected chi connectivity index (χ0v) is 14.1. The average Bonchev–Trinajstić information content (AvgIpc) is 3.44. The van der Waals surface area contributed by atoms with Crippen molar-refractivity contribution in [1.29, 1.82) is 0 Å². The summed E-state index contributed by atoms with van der Waals surface area (Å²) in [6.07, 6.45) is 4.01. The van der Waals surface area contributed by atoms with Gasteiger partial charge < -0.3 is 15.1 Å². The van der Waals surface area contributed by atoms with Crippen molar-refractivity contribution in [3.8, 4) is 0 Å². The van der Waals surface area contributed by atoms with Crippen LogP contribution in [0.1, 0.15) is 18.4 Å². The Labute approximate surface area is 149 Å². The minimum absolute atomic E-state index is 0.109. The molecule has 0 spiro atoms. The maximum absolute atomic E-state index is 13.6. The minimum atomic E-state index is -0.744. The second-order valence-electron chi connectivity index (χ2n) is 6.33. The molecule has 6 nitrogen and oxygen atoms in total. The van der Waals surface area contributed by atoms with Crippen LogP contribution >= 0.6 is 0 Å². The first-order valence-corrected chi connectivity index (χ1v) is 8.46. The summed E-state index contributed by atoms with van der Waals surface area (Å²) in [5.74, 6) is -3.09. The monoisotopic (exact) mass is 363 g/mol. The first-order chi connectivity index (χ1) is 12.5. The molecule has 2 fully saturated rings. The molecule has 1 saturated carbocycles. The second kappa shape index (κ2) is 7.63. The lowest BCUT2D eigenvalue weighted by Gasteiger charge is -2.33. The molecule has 0 unspecified atom stereocenters. The standard InChI is InChI=1S/C18H19F2N3O3/c19-14-2-1-3-15(20)13(14)6-7-16(24)22-8-10-23(11-9-22)18(26)17(25)21-12-4-5-12/h1-3,6-7,12H,4-5,8-11H2,(H,21,25)/b7-6+. The van der Waals surface area contributed by atoms with E-state index in [9.17, 15) is 23.2 Å². The third kappa shape index (κ3) is 4.25. The Bertz CT molecular complexity index is 734. The molecule has 3 amide bonds. The summed E-state index contributed by atoms with van der Waals surface area (Å²) in [6, 6.07) is 3.59. The molecule has 1 saturated heterocycles. The highest BCUT2D eigenvalue weighted by Crippen LogP contribution is 2.18. The average molecular weight is 363 g/mol. The number of carbonyl (C=O) groups is 3. The molecule has 1 N–H and O–H groups in total. The van der Waals surface area contributed by atoms with Crippen molar-refractivity contribution < 1.29 is 23.2 Å². The van der Waals surface area contributed by atoms with Crippen LogP contribution in [-0.4, -0.2) is 59.7 Å². The molecule has 1 aromatic rings. The van der Waals surface area contributed by atoms with E-state index in [0.717, 1.165) is 37.1 Å². The van der Waals surface area contributed by atoms with Gasteiger partial charge in [-0.2, -0.15) is 0 Å². The number of nitrogens with zero attached hydrogens (tertiary/aromatic N) is 2. The van der Waals surface area contributed by atoms with E-state index in [0.29, 0.717) is 0 Å². The molecule has 2 aliphatic rings. The number of halogens is 2. The van der Waals surface area contributed by atoms with Crippen LogP contribution in [0.25, 0.3) is 6.08 Å². The fourth-order valence-electron chi connectivity index (χ4n) is 2.68. The van der Waals surface area contributed by atoms with Crippen molar-refractivity contribution in [1.82, 2.24) is 15.1 Å². The van der Waals surface area contributed by atoms with Crippen LogP contribution in [0.5, 0.6) is 0 Å². The van der Waals surface area contributed by atoms with Gasteiger partial charge in [0, 0.05) is 43.9 Å². The Kier molecular flexibility index (Phi) is 5.29. The van der Waals surface area contributed by atoms with Gasteiger partial charge in [-0.25, -0.2) is 8.78 Å². The normalized spacial score (nSPS) is 17.5. The van der Waals surface area contributed by atoms with E-state index in [1.165, 1.54) is 15.9 Å². The van der Waals surface area contributed by atoms with Gasteiger partial charge in [0.05, 0.1) is 0 Å². The molecule has 1 heterocycles. The summed E-state index contributed by atoms with van der Waals surface area (Å²) < 4.78 is 27.1. The quantitative estimate of drug-likeness (QED) is 0.642. The van der Waals surface area contributed by atoms with Crippen LogP contribution in [0.3, 0.4) is 0 Å². The van der Waals surface area contributed by atoms with Crippen molar-refractivity contribution in [2.24, 2.45) is 0 Å². The van der Waals surface area contributed by atoms with E-state index in [2.05, 4.69) is 5.32 Å². The second-order valence-corrected chi connectivity index (χ2v) is 6.33. The van der Waals surface area contributed by atoms with Crippen LogP contribution < -0.4 is 5.32 Å². The first kappa shape index (κ1) is 18.0. The number of amides is 3. The van der Waals surface area contributed by atoms with Crippen molar-refractivity contribution in [3.63, 3.8) is 0 Å². The number of benzene rings is 1. The maximum atomic E-state index is 13.6. The molecule has 0 aromatic heterocycles.